The van der Waals surface area contributed by atoms with Gasteiger partial charge in [-0.25, -0.2) is 13.1 Å². The second-order valence-electron chi connectivity index (χ2n) is 4.55. The van der Waals surface area contributed by atoms with Gasteiger partial charge in [-0.3, -0.25) is 0 Å². The molecule has 0 aliphatic carbocycles. The fourth-order valence-corrected chi connectivity index (χ4v) is 4.81. The third-order valence-corrected chi connectivity index (χ3v) is 6.44. The highest BCUT2D eigenvalue weighted by atomic mass is 79.9. The van der Waals surface area contributed by atoms with Crippen molar-refractivity contribution in [3.05, 3.63) is 51.3 Å². The van der Waals surface area contributed by atoms with Crippen molar-refractivity contribution in [2.75, 3.05) is 6.54 Å². The largest absolute Gasteiger partial charge is 0.416 e. The summed E-state index contributed by atoms with van der Waals surface area (Å²) in [4.78, 5) is 0. The summed E-state index contributed by atoms with van der Waals surface area (Å²) in [6.45, 7) is -0.344. The first-order chi connectivity index (χ1) is 10.6. The summed E-state index contributed by atoms with van der Waals surface area (Å²) in [5, 5.41) is 9.92. The van der Waals surface area contributed by atoms with Crippen LogP contribution in [-0.4, -0.2) is 20.1 Å². The van der Waals surface area contributed by atoms with E-state index in [9.17, 15) is 26.7 Å². The number of aliphatic hydroxyl groups is 1. The molecule has 0 saturated carbocycles. The van der Waals surface area contributed by atoms with Crippen molar-refractivity contribution < 1.29 is 26.7 Å². The van der Waals surface area contributed by atoms with Crippen LogP contribution in [0.15, 0.2) is 44.4 Å². The summed E-state index contributed by atoms with van der Waals surface area (Å²) < 4.78 is 64.3. The van der Waals surface area contributed by atoms with Crippen LogP contribution in [0.4, 0.5) is 13.2 Å². The third kappa shape index (κ3) is 4.77. The van der Waals surface area contributed by atoms with Crippen molar-refractivity contribution in [3.8, 4) is 0 Å². The zero-order valence-electron chi connectivity index (χ0n) is 11.3. The number of rotatable bonds is 5. The summed E-state index contributed by atoms with van der Waals surface area (Å²) in [5.41, 5.74) is -0.648. The fraction of sp³-hybridized carbons (Fsp3) is 0.231. The molecule has 23 heavy (non-hydrogen) atoms. The number of thiophene rings is 1. The van der Waals surface area contributed by atoms with Gasteiger partial charge in [0.25, 0.3) is 0 Å². The lowest BCUT2D eigenvalue weighted by atomic mass is 10.1. The van der Waals surface area contributed by atoms with E-state index in [1.165, 1.54) is 6.07 Å². The highest BCUT2D eigenvalue weighted by Crippen LogP contribution is 2.30. The molecule has 2 rings (SSSR count). The maximum atomic E-state index is 12.5. The first kappa shape index (κ1) is 18.4. The van der Waals surface area contributed by atoms with Gasteiger partial charge in [0.1, 0.15) is 4.21 Å². The van der Waals surface area contributed by atoms with Gasteiger partial charge in [0.2, 0.25) is 10.0 Å². The summed E-state index contributed by atoms with van der Waals surface area (Å²) >= 11 is 4.16. The number of nitrogens with one attached hydrogen (secondary N) is 1. The molecule has 126 valence electrons. The van der Waals surface area contributed by atoms with E-state index in [1.54, 1.807) is 6.07 Å². The molecule has 10 heteroatoms. The summed E-state index contributed by atoms with van der Waals surface area (Å²) in [6, 6.07) is 6.88. The normalized spacial score (nSPS) is 14.0. The number of alkyl halides is 3. The molecule has 0 aliphatic heterocycles. The SMILES string of the molecule is O=S(=O)(NC[C@@H](O)c1ccc(C(F)(F)F)cc1)c1ccc(Br)s1. The third-order valence-electron chi connectivity index (χ3n) is 2.90. The van der Waals surface area contributed by atoms with Crippen molar-refractivity contribution in [1.29, 1.82) is 0 Å². The average Bonchev–Trinajstić information content (AvgIpc) is 2.91. The summed E-state index contributed by atoms with van der Waals surface area (Å²) in [6.07, 6.45) is -5.71. The number of benzene rings is 1. The zero-order valence-corrected chi connectivity index (χ0v) is 14.6. The fourth-order valence-electron chi connectivity index (χ4n) is 1.71. The van der Waals surface area contributed by atoms with E-state index in [-0.39, 0.29) is 16.3 Å². The van der Waals surface area contributed by atoms with Crippen LogP contribution in [0.2, 0.25) is 0 Å². The molecule has 4 nitrogen and oxygen atoms in total. The van der Waals surface area contributed by atoms with Crippen LogP contribution in [0.25, 0.3) is 0 Å². The standard InChI is InChI=1S/C13H11BrF3NO3S2/c14-11-5-6-12(22-11)23(20,21)18-7-10(19)8-1-3-9(4-2-8)13(15,16)17/h1-6,10,18-19H,7H2/t10-/m1/s1. The second-order valence-corrected chi connectivity index (χ2v) is 9.00. The molecule has 0 unspecified atom stereocenters. The Balaban J connectivity index is 2.03. The molecule has 1 aromatic heterocycles. The molecular weight excluding hydrogens is 419 g/mol. The first-order valence-corrected chi connectivity index (χ1v) is 9.29. The van der Waals surface area contributed by atoms with Crippen LogP contribution in [0.5, 0.6) is 0 Å². The number of hydrogen-bond acceptors (Lipinski definition) is 4. The molecule has 2 N–H and O–H groups in total. The minimum atomic E-state index is -4.46. The number of aliphatic hydroxyl groups excluding tert-OH is 1. The lowest BCUT2D eigenvalue weighted by molar-refractivity contribution is -0.137. The summed E-state index contributed by atoms with van der Waals surface area (Å²) in [7, 11) is -3.78. The molecule has 2 aromatic rings. The number of sulfonamides is 1. The Morgan fingerprint density at radius 3 is 2.26 bits per heavy atom. The Kier molecular flexibility index (Phi) is 5.52. The van der Waals surface area contributed by atoms with Gasteiger partial charge in [-0.05, 0) is 45.8 Å². The topological polar surface area (TPSA) is 66.4 Å². The molecule has 1 atom stereocenters. The van der Waals surface area contributed by atoms with Gasteiger partial charge in [-0.2, -0.15) is 13.2 Å². The Hall–Kier alpha value is -0.940. The van der Waals surface area contributed by atoms with Crippen molar-refractivity contribution in [2.24, 2.45) is 0 Å². The van der Waals surface area contributed by atoms with Gasteiger partial charge < -0.3 is 5.11 Å². The summed E-state index contributed by atoms with van der Waals surface area (Å²) in [5.74, 6) is 0. The van der Waals surface area contributed by atoms with Gasteiger partial charge in [0.15, 0.2) is 0 Å². The lowest BCUT2D eigenvalue weighted by Crippen LogP contribution is -2.28. The Labute approximate surface area is 143 Å². The average molecular weight is 430 g/mol. The second kappa shape index (κ2) is 6.89. The van der Waals surface area contributed by atoms with Crippen LogP contribution < -0.4 is 4.72 Å². The molecule has 0 saturated heterocycles. The molecule has 0 aliphatic rings. The number of hydrogen-bond donors (Lipinski definition) is 2. The van der Waals surface area contributed by atoms with E-state index in [1.807, 2.05) is 0 Å². The van der Waals surface area contributed by atoms with Gasteiger partial charge in [0, 0.05) is 6.54 Å². The molecule has 0 radical (unpaired) electrons. The lowest BCUT2D eigenvalue weighted by Gasteiger charge is -2.13. The Bertz CT molecular complexity index is 773. The van der Waals surface area contributed by atoms with Crippen molar-refractivity contribution >= 4 is 37.3 Å². The van der Waals surface area contributed by atoms with Crippen molar-refractivity contribution in [2.45, 2.75) is 16.5 Å². The maximum Gasteiger partial charge on any atom is 0.416 e. The maximum absolute atomic E-state index is 12.5. The van der Waals surface area contributed by atoms with Crippen LogP contribution in [0.1, 0.15) is 17.2 Å². The Morgan fingerprint density at radius 2 is 1.78 bits per heavy atom. The quantitative estimate of drug-likeness (QED) is 0.763. The molecule has 0 bridgehead atoms. The van der Waals surface area contributed by atoms with Gasteiger partial charge in [-0.1, -0.05) is 12.1 Å². The molecule has 0 fully saturated rings. The highest BCUT2D eigenvalue weighted by Gasteiger charge is 2.30. The van der Waals surface area contributed by atoms with Crippen LogP contribution in [-0.2, 0) is 16.2 Å². The molecule has 0 spiro atoms. The van der Waals surface area contributed by atoms with E-state index in [2.05, 4.69) is 20.7 Å². The first-order valence-electron chi connectivity index (χ1n) is 6.20. The number of halogens is 4. The van der Waals surface area contributed by atoms with Gasteiger partial charge in [-0.15, -0.1) is 11.3 Å². The van der Waals surface area contributed by atoms with Crippen LogP contribution in [0.3, 0.4) is 0 Å². The van der Waals surface area contributed by atoms with E-state index in [4.69, 9.17) is 0 Å². The van der Waals surface area contributed by atoms with E-state index >= 15 is 0 Å². The predicted octanol–water partition coefficient (Wildman–Crippen LogP) is 3.54. The van der Waals surface area contributed by atoms with Gasteiger partial charge in [0.05, 0.1) is 15.5 Å². The minimum absolute atomic E-state index is 0.0731. The Morgan fingerprint density at radius 1 is 1.17 bits per heavy atom. The van der Waals surface area contributed by atoms with Crippen LogP contribution in [0, 0.1) is 0 Å². The smallest absolute Gasteiger partial charge is 0.387 e. The van der Waals surface area contributed by atoms with Crippen molar-refractivity contribution in [1.82, 2.24) is 4.72 Å². The monoisotopic (exact) mass is 429 g/mol. The molecular formula is C13H11BrF3NO3S2. The van der Waals surface area contributed by atoms with Crippen LogP contribution >= 0.6 is 27.3 Å². The van der Waals surface area contributed by atoms with Gasteiger partial charge >= 0.3 is 6.18 Å². The van der Waals surface area contributed by atoms with Crippen molar-refractivity contribution in [3.63, 3.8) is 0 Å². The minimum Gasteiger partial charge on any atom is -0.387 e. The van der Waals surface area contributed by atoms with E-state index in [0.717, 1.165) is 35.6 Å². The predicted molar refractivity (Wildman–Crippen MR) is 83.6 cm³/mol. The highest BCUT2D eigenvalue weighted by molar-refractivity contribution is 9.11. The zero-order chi connectivity index (χ0) is 17.3. The van der Waals surface area contributed by atoms with E-state index in [0.29, 0.717) is 3.79 Å². The molecule has 1 aromatic carbocycles. The molecule has 0 amide bonds. The molecule has 1 heterocycles. The van der Waals surface area contributed by atoms with E-state index < -0.39 is 27.9 Å².